The topological polar surface area (TPSA) is 67.9 Å². The lowest BCUT2D eigenvalue weighted by atomic mass is 9.97. The Balaban J connectivity index is 1.55. The zero-order chi connectivity index (χ0) is 18.0. The molecule has 3 rings (SSSR count). The molecule has 1 aromatic rings. The van der Waals surface area contributed by atoms with Gasteiger partial charge in [0, 0.05) is 19.6 Å². The van der Waals surface area contributed by atoms with Crippen molar-refractivity contribution in [2.45, 2.75) is 25.6 Å². The highest BCUT2D eigenvalue weighted by molar-refractivity contribution is 5.84. The van der Waals surface area contributed by atoms with Crippen molar-refractivity contribution in [3.05, 3.63) is 23.8 Å². The summed E-state index contributed by atoms with van der Waals surface area (Å²) < 4.78 is 48.0. The van der Waals surface area contributed by atoms with Crippen molar-refractivity contribution in [3.8, 4) is 11.5 Å². The summed E-state index contributed by atoms with van der Waals surface area (Å²) in [6, 6.07) is 5.24. The second-order valence-corrected chi connectivity index (χ2v) is 5.99. The highest BCUT2D eigenvalue weighted by Crippen LogP contribution is 2.32. The first-order valence-electron chi connectivity index (χ1n) is 7.87. The minimum atomic E-state index is -4.91. The minimum Gasteiger partial charge on any atom is -0.454 e. The van der Waals surface area contributed by atoms with Crippen molar-refractivity contribution < 1.29 is 32.2 Å². The molecular formula is C16H17F3N2O4. The number of nitrogens with one attached hydrogen (secondary N) is 1. The smallest absolute Gasteiger partial charge is 0.454 e. The van der Waals surface area contributed by atoms with E-state index >= 15 is 0 Å². The molecule has 0 bridgehead atoms. The second kappa shape index (κ2) is 6.81. The van der Waals surface area contributed by atoms with Crippen LogP contribution in [0.1, 0.15) is 18.4 Å². The predicted octanol–water partition coefficient (Wildman–Crippen LogP) is 1.83. The Bertz CT molecular complexity index is 678. The summed E-state index contributed by atoms with van der Waals surface area (Å²) in [5, 5.41) is 2.70. The van der Waals surface area contributed by atoms with Crippen LogP contribution in [0.25, 0.3) is 0 Å². The summed E-state index contributed by atoms with van der Waals surface area (Å²) in [4.78, 5) is 24.3. The number of ether oxygens (including phenoxy) is 2. The van der Waals surface area contributed by atoms with E-state index in [0.29, 0.717) is 29.2 Å². The molecule has 25 heavy (non-hydrogen) atoms. The molecule has 0 aliphatic carbocycles. The van der Waals surface area contributed by atoms with Gasteiger partial charge in [-0.25, -0.2) is 0 Å². The van der Waals surface area contributed by atoms with E-state index in [1.807, 2.05) is 0 Å². The van der Waals surface area contributed by atoms with Crippen molar-refractivity contribution in [2.75, 3.05) is 19.9 Å². The molecule has 9 heteroatoms. The van der Waals surface area contributed by atoms with E-state index in [4.69, 9.17) is 9.47 Å². The van der Waals surface area contributed by atoms with Gasteiger partial charge in [-0.2, -0.15) is 13.2 Å². The maximum absolute atomic E-state index is 12.5. The molecule has 6 nitrogen and oxygen atoms in total. The van der Waals surface area contributed by atoms with Crippen molar-refractivity contribution in [3.63, 3.8) is 0 Å². The number of hydrogen-bond donors (Lipinski definition) is 1. The van der Waals surface area contributed by atoms with Crippen LogP contribution in [-0.2, 0) is 16.1 Å². The predicted molar refractivity (Wildman–Crippen MR) is 79.8 cm³/mol. The lowest BCUT2D eigenvalue weighted by molar-refractivity contribution is -0.187. The lowest BCUT2D eigenvalue weighted by Crippen LogP contribution is -2.49. The van der Waals surface area contributed by atoms with E-state index in [0.717, 1.165) is 5.56 Å². The van der Waals surface area contributed by atoms with Gasteiger partial charge in [0.15, 0.2) is 11.5 Å². The molecule has 0 aromatic heterocycles. The Hall–Kier alpha value is -2.45. The summed E-state index contributed by atoms with van der Waals surface area (Å²) in [6.07, 6.45) is -4.09. The number of likely N-dealkylation sites (tertiary alicyclic amines) is 1. The number of carbonyl (C=O) groups is 2. The van der Waals surface area contributed by atoms with Gasteiger partial charge in [0.25, 0.3) is 0 Å². The van der Waals surface area contributed by atoms with Crippen LogP contribution in [0.3, 0.4) is 0 Å². The molecule has 1 fully saturated rings. The molecule has 0 radical (unpaired) electrons. The maximum atomic E-state index is 12.5. The van der Waals surface area contributed by atoms with Gasteiger partial charge in [0.05, 0.1) is 5.92 Å². The quantitative estimate of drug-likeness (QED) is 0.895. The number of hydrogen-bond acceptors (Lipinski definition) is 4. The van der Waals surface area contributed by atoms with Crippen LogP contribution < -0.4 is 14.8 Å². The van der Waals surface area contributed by atoms with Crippen molar-refractivity contribution in [2.24, 2.45) is 5.92 Å². The number of fused-ring (bicyclic) bond motifs is 1. The van der Waals surface area contributed by atoms with Crippen molar-refractivity contribution in [1.82, 2.24) is 10.2 Å². The van der Waals surface area contributed by atoms with Crippen LogP contribution in [0.15, 0.2) is 18.2 Å². The maximum Gasteiger partial charge on any atom is 0.471 e. The number of alkyl halides is 3. The Morgan fingerprint density at radius 3 is 2.76 bits per heavy atom. The highest BCUT2D eigenvalue weighted by atomic mass is 19.4. The fraction of sp³-hybridized carbons (Fsp3) is 0.500. The molecule has 2 heterocycles. The summed E-state index contributed by atoms with van der Waals surface area (Å²) in [5.74, 6) is -1.68. The molecular weight excluding hydrogens is 341 g/mol. The van der Waals surface area contributed by atoms with Gasteiger partial charge in [0.1, 0.15) is 0 Å². The SMILES string of the molecule is O=C(NCc1ccc2c(c1)OCO2)C1CCCN(C(=O)C(F)(F)F)C1. The van der Waals surface area contributed by atoms with Gasteiger partial charge in [-0.05, 0) is 30.5 Å². The van der Waals surface area contributed by atoms with Crippen LogP contribution >= 0.6 is 0 Å². The number of carbonyl (C=O) groups excluding carboxylic acids is 2. The van der Waals surface area contributed by atoms with Crippen molar-refractivity contribution in [1.29, 1.82) is 0 Å². The number of amides is 2. The zero-order valence-electron chi connectivity index (χ0n) is 13.3. The number of rotatable bonds is 3. The van der Waals surface area contributed by atoms with Gasteiger partial charge in [-0.1, -0.05) is 6.07 Å². The molecule has 1 saturated heterocycles. The van der Waals surface area contributed by atoms with E-state index in [-0.39, 0.29) is 32.3 Å². The Labute approximate surface area is 141 Å². The van der Waals surface area contributed by atoms with Crippen LogP contribution in [0, 0.1) is 5.92 Å². The first kappa shape index (κ1) is 17.4. The largest absolute Gasteiger partial charge is 0.471 e. The van der Waals surface area contributed by atoms with Crippen molar-refractivity contribution >= 4 is 11.8 Å². The van der Waals surface area contributed by atoms with E-state index < -0.39 is 18.0 Å². The third-order valence-electron chi connectivity index (χ3n) is 4.23. The van der Waals surface area contributed by atoms with Crippen LogP contribution in [0.2, 0.25) is 0 Å². The van der Waals surface area contributed by atoms with E-state index in [9.17, 15) is 22.8 Å². The summed E-state index contributed by atoms with van der Waals surface area (Å²) in [5.41, 5.74) is 0.789. The van der Waals surface area contributed by atoms with Gasteiger partial charge in [0.2, 0.25) is 12.7 Å². The molecule has 0 spiro atoms. The molecule has 1 N–H and O–H groups in total. The van der Waals surface area contributed by atoms with Gasteiger partial charge >= 0.3 is 12.1 Å². The van der Waals surface area contributed by atoms with Gasteiger partial charge in [-0.15, -0.1) is 0 Å². The molecule has 2 aliphatic heterocycles. The first-order valence-corrected chi connectivity index (χ1v) is 7.87. The second-order valence-electron chi connectivity index (χ2n) is 5.99. The minimum absolute atomic E-state index is 0.0181. The standard InChI is InChI=1S/C16H17F3N2O4/c17-16(18,19)15(23)21-5-1-2-11(8-21)14(22)20-7-10-3-4-12-13(6-10)25-9-24-12/h3-4,6,11H,1-2,5,7-9H2,(H,20,22). The summed E-state index contributed by atoms with van der Waals surface area (Å²) in [7, 11) is 0. The number of benzene rings is 1. The monoisotopic (exact) mass is 358 g/mol. The fourth-order valence-corrected chi connectivity index (χ4v) is 2.94. The number of nitrogens with zero attached hydrogens (tertiary/aromatic N) is 1. The Kier molecular flexibility index (Phi) is 4.73. The Morgan fingerprint density at radius 2 is 2.00 bits per heavy atom. The third kappa shape index (κ3) is 3.97. The summed E-state index contributed by atoms with van der Waals surface area (Å²) >= 11 is 0. The molecule has 136 valence electrons. The zero-order valence-corrected chi connectivity index (χ0v) is 13.3. The average molecular weight is 358 g/mol. The number of halogens is 3. The molecule has 0 saturated carbocycles. The average Bonchev–Trinajstić information content (AvgIpc) is 3.06. The van der Waals surface area contributed by atoms with Gasteiger partial charge < -0.3 is 19.7 Å². The highest BCUT2D eigenvalue weighted by Gasteiger charge is 2.44. The molecule has 1 atom stereocenters. The lowest BCUT2D eigenvalue weighted by Gasteiger charge is -2.32. The first-order chi connectivity index (χ1) is 11.8. The van der Waals surface area contributed by atoms with E-state index in [1.165, 1.54) is 0 Å². The number of piperidine rings is 1. The molecule has 1 unspecified atom stereocenters. The van der Waals surface area contributed by atoms with Crippen LogP contribution in [0.5, 0.6) is 11.5 Å². The summed E-state index contributed by atoms with van der Waals surface area (Å²) in [6.45, 7) is 0.172. The van der Waals surface area contributed by atoms with Crippen LogP contribution in [-0.4, -0.2) is 42.8 Å². The van der Waals surface area contributed by atoms with E-state index in [2.05, 4.69) is 5.32 Å². The fourth-order valence-electron chi connectivity index (χ4n) is 2.94. The normalized spacial score (nSPS) is 19.6. The van der Waals surface area contributed by atoms with E-state index in [1.54, 1.807) is 18.2 Å². The third-order valence-corrected chi connectivity index (χ3v) is 4.23. The van der Waals surface area contributed by atoms with Crippen LogP contribution in [0.4, 0.5) is 13.2 Å². The Morgan fingerprint density at radius 1 is 1.24 bits per heavy atom. The molecule has 1 aromatic carbocycles. The molecule has 2 amide bonds. The van der Waals surface area contributed by atoms with Gasteiger partial charge in [-0.3, -0.25) is 9.59 Å². The molecule has 2 aliphatic rings.